The van der Waals surface area contributed by atoms with Crippen molar-refractivity contribution in [3.05, 3.63) is 35.9 Å². The first-order valence-electron chi connectivity index (χ1n) is 6.65. The van der Waals surface area contributed by atoms with Crippen LogP contribution in [0.5, 0.6) is 0 Å². The van der Waals surface area contributed by atoms with Crippen molar-refractivity contribution in [2.24, 2.45) is 10.9 Å². The normalized spacial score (nSPS) is 22.6. The quantitative estimate of drug-likeness (QED) is 0.318. The predicted molar refractivity (Wildman–Crippen MR) is 76.5 cm³/mol. The van der Waals surface area contributed by atoms with Crippen LogP contribution in [0.2, 0.25) is 0 Å². The molecule has 1 aliphatic heterocycles. The fraction of sp³-hybridized carbons (Fsp3) is 0.500. The van der Waals surface area contributed by atoms with Gasteiger partial charge in [0.2, 0.25) is 0 Å². The van der Waals surface area contributed by atoms with Crippen molar-refractivity contribution in [1.29, 1.82) is 0 Å². The van der Waals surface area contributed by atoms with Crippen LogP contribution < -0.4 is 11.1 Å². The van der Waals surface area contributed by atoms with Crippen LogP contribution >= 0.6 is 0 Å². The summed E-state index contributed by atoms with van der Waals surface area (Å²) in [4.78, 5) is 2.30. The molecule has 0 aliphatic carbocycles. The van der Waals surface area contributed by atoms with Gasteiger partial charge in [-0.3, -0.25) is 0 Å². The molecule has 5 heteroatoms. The van der Waals surface area contributed by atoms with E-state index in [0.29, 0.717) is 12.6 Å². The van der Waals surface area contributed by atoms with Gasteiger partial charge in [0.1, 0.15) is 5.84 Å². The summed E-state index contributed by atoms with van der Waals surface area (Å²) in [6, 6.07) is 10.4. The zero-order valence-electron chi connectivity index (χ0n) is 11.3. The Kier molecular flexibility index (Phi) is 4.76. The van der Waals surface area contributed by atoms with Crippen molar-refractivity contribution >= 4 is 5.84 Å². The number of oxime groups is 1. The van der Waals surface area contributed by atoms with Crippen molar-refractivity contribution in [2.45, 2.75) is 18.4 Å². The first-order chi connectivity index (χ1) is 9.20. The number of nitrogens with one attached hydrogen (secondary N) is 1. The van der Waals surface area contributed by atoms with E-state index in [0.717, 1.165) is 25.1 Å². The number of nitrogens with zero attached hydrogens (tertiary/aromatic N) is 2. The first kappa shape index (κ1) is 13.8. The molecule has 1 heterocycles. The van der Waals surface area contributed by atoms with Crippen molar-refractivity contribution in [2.75, 3.05) is 26.7 Å². The number of benzene rings is 1. The van der Waals surface area contributed by atoms with Crippen LogP contribution in [-0.2, 0) is 0 Å². The second-order valence-electron chi connectivity index (χ2n) is 5.14. The Morgan fingerprint density at radius 3 is 2.84 bits per heavy atom. The Balaban J connectivity index is 1.99. The van der Waals surface area contributed by atoms with Gasteiger partial charge in [-0.2, -0.15) is 0 Å². The number of amidine groups is 1. The molecule has 1 aromatic rings. The molecular weight excluding hydrogens is 240 g/mol. The number of likely N-dealkylation sites (tertiary alicyclic amines) is 1. The molecule has 0 bridgehead atoms. The SMILES string of the molecule is CN1CCC(NCC(C(N)=NO)c2ccccc2)C1. The van der Waals surface area contributed by atoms with Gasteiger partial charge in [0.15, 0.2) is 0 Å². The number of hydrogen-bond donors (Lipinski definition) is 3. The molecule has 1 fully saturated rings. The Bertz CT molecular complexity index is 421. The highest BCUT2D eigenvalue weighted by Crippen LogP contribution is 2.16. The van der Waals surface area contributed by atoms with Crippen molar-refractivity contribution < 1.29 is 5.21 Å². The van der Waals surface area contributed by atoms with Crippen LogP contribution in [0.4, 0.5) is 0 Å². The third-order valence-electron chi connectivity index (χ3n) is 3.68. The zero-order valence-corrected chi connectivity index (χ0v) is 11.3. The van der Waals surface area contributed by atoms with E-state index in [1.165, 1.54) is 0 Å². The Morgan fingerprint density at radius 2 is 2.26 bits per heavy atom. The molecule has 1 saturated heterocycles. The van der Waals surface area contributed by atoms with Gasteiger partial charge in [-0.15, -0.1) is 0 Å². The first-order valence-corrected chi connectivity index (χ1v) is 6.65. The van der Waals surface area contributed by atoms with Crippen LogP contribution in [0.25, 0.3) is 0 Å². The predicted octanol–water partition coefficient (Wildman–Crippen LogP) is 0.810. The number of rotatable bonds is 5. The third kappa shape index (κ3) is 3.68. The number of hydrogen-bond acceptors (Lipinski definition) is 4. The minimum absolute atomic E-state index is 0.0860. The molecule has 0 aromatic heterocycles. The van der Waals surface area contributed by atoms with Crippen molar-refractivity contribution in [1.82, 2.24) is 10.2 Å². The molecule has 2 atom stereocenters. The molecule has 4 N–H and O–H groups in total. The van der Waals surface area contributed by atoms with Gasteiger partial charge in [0.05, 0.1) is 5.92 Å². The molecule has 5 nitrogen and oxygen atoms in total. The molecule has 19 heavy (non-hydrogen) atoms. The van der Waals surface area contributed by atoms with Gasteiger partial charge in [0.25, 0.3) is 0 Å². The lowest BCUT2D eigenvalue weighted by Gasteiger charge is -2.20. The fourth-order valence-electron chi connectivity index (χ4n) is 2.53. The molecule has 104 valence electrons. The average molecular weight is 262 g/mol. The highest BCUT2D eigenvalue weighted by molar-refractivity contribution is 5.87. The van der Waals surface area contributed by atoms with Crippen LogP contribution in [-0.4, -0.2) is 48.7 Å². The molecule has 0 amide bonds. The smallest absolute Gasteiger partial charge is 0.147 e. The monoisotopic (exact) mass is 262 g/mol. The van der Waals surface area contributed by atoms with Crippen LogP contribution in [0.15, 0.2) is 35.5 Å². The van der Waals surface area contributed by atoms with Crippen LogP contribution in [0.3, 0.4) is 0 Å². The summed E-state index contributed by atoms with van der Waals surface area (Å²) < 4.78 is 0. The van der Waals surface area contributed by atoms with Crippen molar-refractivity contribution in [3.63, 3.8) is 0 Å². The molecule has 2 unspecified atom stereocenters. The summed E-state index contributed by atoms with van der Waals surface area (Å²) in [6.07, 6.45) is 1.15. The summed E-state index contributed by atoms with van der Waals surface area (Å²) in [7, 11) is 2.12. The van der Waals surface area contributed by atoms with Gasteiger partial charge in [-0.1, -0.05) is 35.5 Å². The van der Waals surface area contributed by atoms with Gasteiger partial charge in [-0.05, 0) is 25.6 Å². The molecule has 2 rings (SSSR count). The molecule has 0 saturated carbocycles. The van der Waals surface area contributed by atoms with E-state index >= 15 is 0 Å². The standard InChI is InChI=1S/C14H22N4O/c1-18-8-7-12(10-18)16-9-13(14(15)17-19)11-5-3-2-4-6-11/h2-6,12-13,16,19H,7-10H2,1H3,(H2,15,17). The number of likely N-dealkylation sites (N-methyl/N-ethyl adjacent to an activating group) is 1. The van der Waals surface area contributed by atoms with Gasteiger partial charge in [0, 0.05) is 19.1 Å². The maximum absolute atomic E-state index is 8.93. The Morgan fingerprint density at radius 1 is 1.53 bits per heavy atom. The lowest BCUT2D eigenvalue weighted by atomic mass is 9.97. The van der Waals surface area contributed by atoms with Crippen LogP contribution in [0, 0.1) is 0 Å². The number of nitrogens with two attached hydrogens (primary N) is 1. The highest BCUT2D eigenvalue weighted by Gasteiger charge is 2.22. The molecule has 1 aromatic carbocycles. The minimum Gasteiger partial charge on any atom is -0.409 e. The lowest BCUT2D eigenvalue weighted by Crippen LogP contribution is -2.38. The highest BCUT2D eigenvalue weighted by atomic mass is 16.4. The summed E-state index contributed by atoms with van der Waals surface area (Å²) in [6.45, 7) is 2.87. The van der Waals surface area contributed by atoms with Crippen LogP contribution in [0.1, 0.15) is 17.9 Å². The van der Waals surface area contributed by atoms with E-state index in [4.69, 9.17) is 10.9 Å². The topological polar surface area (TPSA) is 73.9 Å². The van der Waals surface area contributed by atoms with Crippen molar-refractivity contribution in [3.8, 4) is 0 Å². The fourth-order valence-corrected chi connectivity index (χ4v) is 2.53. The molecule has 0 radical (unpaired) electrons. The summed E-state index contributed by atoms with van der Waals surface area (Å²) in [5, 5.41) is 15.6. The molecule has 1 aliphatic rings. The van der Waals surface area contributed by atoms with Gasteiger partial charge in [-0.25, -0.2) is 0 Å². The van der Waals surface area contributed by atoms with E-state index in [2.05, 4.69) is 22.4 Å². The van der Waals surface area contributed by atoms with E-state index in [1.54, 1.807) is 0 Å². The minimum atomic E-state index is -0.0860. The van der Waals surface area contributed by atoms with Gasteiger partial charge < -0.3 is 21.2 Å². The average Bonchev–Trinajstić information content (AvgIpc) is 2.85. The maximum Gasteiger partial charge on any atom is 0.147 e. The summed E-state index contributed by atoms with van der Waals surface area (Å²) in [5.74, 6) is 0.169. The summed E-state index contributed by atoms with van der Waals surface area (Å²) in [5.41, 5.74) is 6.88. The molecular formula is C14H22N4O. The van der Waals surface area contributed by atoms with E-state index in [9.17, 15) is 0 Å². The zero-order chi connectivity index (χ0) is 13.7. The van der Waals surface area contributed by atoms with Gasteiger partial charge >= 0.3 is 0 Å². The van der Waals surface area contributed by atoms with E-state index in [1.807, 2.05) is 30.3 Å². The maximum atomic E-state index is 8.93. The van der Waals surface area contributed by atoms with E-state index in [-0.39, 0.29) is 11.8 Å². The largest absolute Gasteiger partial charge is 0.409 e. The second-order valence-corrected chi connectivity index (χ2v) is 5.14. The second kappa shape index (κ2) is 6.54. The van der Waals surface area contributed by atoms with E-state index < -0.39 is 0 Å². The molecule has 0 spiro atoms. The lowest BCUT2D eigenvalue weighted by molar-refractivity contribution is 0.315. The Hall–Kier alpha value is -1.59. The summed E-state index contributed by atoms with van der Waals surface area (Å²) >= 11 is 0. The Labute approximate surface area is 114 Å². The third-order valence-corrected chi connectivity index (χ3v) is 3.68.